The van der Waals surface area contributed by atoms with E-state index in [-0.39, 0.29) is 23.7 Å². The minimum absolute atomic E-state index is 0.0948. The molecule has 27 heavy (non-hydrogen) atoms. The van der Waals surface area contributed by atoms with Gasteiger partial charge in [0.25, 0.3) is 5.56 Å². The molecule has 2 heterocycles. The van der Waals surface area contributed by atoms with Gasteiger partial charge in [-0.1, -0.05) is 41.0 Å². The monoisotopic (exact) mass is 450 g/mol. The van der Waals surface area contributed by atoms with Crippen LogP contribution in [0.4, 0.5) is 11.5 Å². The highest BCUT2D eigenvalue weighted by Crippen LogP contribution is 2.30. The number of carbonyl (C=O) groups excluding carboxylic acids is 2. The molecule has 0 saturated heterocycles. The molecule has 1 aromatic heterocycles. The highest BCUT2D eigenvalue weighted by molar-refractivity contribution is 9.10. The highest BCUT2D eigenvalue weighted by Gasteiger charge is 2.34. The number of nitrogens with one attached hydrogen (secondary N) is 3. The molecule has 7 nitrogen and oxygen atoms in total. The average Bonchev–Trinajstić information content (AvgIpc) is 2.63. The van der Waals surface area contributed by atoms with Crippen LogP contribution < -0.4 is 16.2 Å². The summed E-state index contributed by atoms with van der Waals surface area (Å²) in [4.78, 5) is 44.4. The molecule has 1 atom stereocenters. The first-order valence-corrected chi connectivity index (χ1v) is 10.4. The van der Waals surface area contributed by atoms with E-state index < -0.39 is 17.4 Å². The molecule has 3 rings (SSSR count). The van der Waals surface area contributed by atoms with E-state index in [4.69, 9.17) is 0 Å². The second-order valence-electron chi connectivity index (χ2n) is 6.14. The number of H-pyrrole nitrogens is 1. The summed E-state index contributed by atoms with van der Waals surface area (Å²) in [6.45, 7) is 2.08. The summed E-state index contributed by atoms with van der Waals surface area (Å²) in [5.41, 5.74) is 0.394. The van der Waals surface area contributed by atoms with Crippen LogP contribution in [0, 0.1) is 0 Å². The van der Waals surface area contributed by atoms with E-state index in [2.05, 4.69) is 43.5 Å². The molecule has 0 radical (unpaired) electrons. The zero-order valence-electron chi connectivity index (χ0n) is 14.7. The van der Waals surface area contributed by atoms with Gasteiger partial charge in [-0.05, 0) is 30.7 Å². The number of hydrogen-bond donors (Lipinski definition) is 3. The third kappa shape index (κ3) is 4.78. The predicted octanol–water partition coefficient (Wildman–Crippen LogP) is 3.49. The molecule has 0 spiro atoms. The number of rotatable bonds is 6. The Morgan fingerprint density at radius 2 is 2.07 bits per heavy atom. The first-order chi connectivity index (χ1) is 13.0. The third-order valence-electron chi connectivity index (χ3n) is 4.09. The van der Waals surface area contributed by atoms with Crippen molar-refractivity contribution in [3.8, 4) is 0 Å². The van der Waals surface area contributed by atoms with Crippen molar-refractivity contribution in [2.75, 3.05) is 16.4 Å². The van der Waals surface area contributed by atoms with Crippen molar-refractivity contribution in [3.63, 3.8) is 0 Å². The SMILES string of the molecule is CCCCSc1nc2c(c(=O)[nH]1)[C@@H](C(=O)Nc1ccc(Br)cc1)CC(=O)N2. The number of hydrogen-bond acceptors (Lipinski definition) is 5. The first-order valence-electron chi connectivity index (χ1n) is 8.61. The van der Waals surface area contributed by atoms with Crippen LogP contribution in [0.5, 0.6) is 0 Å². The van der Waals surface area contributed by atoms with Gasteiger partial charge in [-0.15, -0.1) is 0 Å². The first kappa shape index (κ1) is 19.6. The Bertz CT molecular complexity index is 914. The Morgan fingerprint density at radius 1 is 1.33 bits per heavy atom. The summed E-state index contributed by atoms with van der Waals surface area (Å²) >= 11 is 4.76. The molecular weight excluding hydrogens is 432 g/mol. The van der Waals surface area contributed by atoms with E-state index in [0.29, 0.717) is 10.8 Å². The number of anilines is 2. The van der Waals surface area contributed by atoms with E-state index in [1.807, 2.05) is 0 Å². The van der Waals surface area contributed by atoms with E-state index in [0.717, 1.165) is 23.1 Å². The summed E-state index contributed by atoms with van der Waals surface area (Å²) in [7, 11) is 0. The van der Waals surface area contributed by atoms with Crippen LogP contribution in [-0.2, 0) is 9.59 Å². The van der Waals surface area contributed by atoms with Crippen molar-refractivity contribution in [2.45, 2.75) is 37.3 Å². The number of thioether (sulfide) groups is 1. The molecule has 0 saturated carbocycles. The zero-order valence-corrected chi connectivity index (χ0v) is 17.1. The number of benzene rings is 1. The average molecular weight is 451 g/mol. The summed E-state index contributed by atoms with van der Waals surface area (Å²) in [5.74, 6) is -0.638. The molecule has 2 aromatic rings. The highest BCUT2D eigenvalue weighted by atomic mass is 79.9. The molecule has 0 unspecified atom stereocenters. The van der Waals surface area contributed by atoms with Crippen molar-refractivity contribution in [1.82, 2.24) is 9.97 Å². The number of nitrogens with zero attached hydrogens (tertiary/aromatic N) is 1. The van der Waals surface area contributed by atoms with Gasteiger partial charge in [-0.25, -0.2) is 4.98 Å². The van der Waals surface area contributed by atoms with Crippen molar-refractivity contribution in [2.24, 2.45) is 0 Å². The number of amides is 2. The molecule has 1 aliphatic rings. The van der Waals surface area contributed by atoms with Crippen LogP contribution in [0.15, 0.2) is 38.7 Å². The summed E-state index contributed by atoms with van der Waals surface area (Å²) < 4.78 is 0.886. The van der Waals surface area contributed by atoms with Crippen molar-refractivity contribution >= 4 is 51.0 Å². The predicted molar refractivity (Wildman–Crippen MR) is 109 cm³/mol. The number of unbranched alkanes of at least 4 members (excludes halogenated alkanes) is 1. The molecular formula is C18H19BrN4O3S. The maximum absolute atomic E-state index is 12.7. The van der Waals surface area contributed by atoms with Gasteiger partial charge in [0.2, 0.25) is 11.8 Å². The maximum Gasteiger partial charge on any atom is 0.257 e. The fourth-order valence-corrected chi connectivity index (χ4v) is 3.93. The summed E-state index contributed by atoms with van der Waals surface area (Å²) in [5, 5.41) is 5.82. The second-order valence-corrected chi connectivity index (χ2v) is 8.14. The van der Waals surface area contributed by atoms with E-state index >= 15 is 0 Å². The van der Waals surface area contributed by atoms with Gasteiger partial charge in [-0.2, -0.15) is 0 Å². The number of aromatic nitrogens is 2. The molecule has 3 N–H and O–H groups in total. The minimum Gasteiger partial charge on any atom is -0.326 e. The van der Waals surface area contributed by atoms with Crippen molar-refractivity contribution in [1.29, 1.82) is 0 Å². The molecule has 2 amide bonds. The largest absolute Gasteiger partial charge is 0.326 e. The van der Waals surface area contributed by atoms with Gasteiger partial charge in [0.05, 0.1) is 11.5 Å². The molecule has 0 bridgehead atoms. The number of aromatic amines is 1. The molecule has 1 aromatic carbocycles. The van der Waals surface area contributed by atoms with E-state index in [1.54, 1.807) is 24.3 Å². The minimum atomic E-state index is -0.886. The summed E-state index contributed by atoms with van der Waals surface area (Å²) in [6, 6.07) is 7.07. The lowest BCUT2D eigenvalue weighted by atomic mass is 9.92. The molecule has 0 aliphatic carbocycles. The topological polar surface area (TPSA) is 104 Å². The standard InChI is InChI=1S/C18H19BrN4O3S/c1-2-3-8-27-18-22-15-14(17(26)23-18)12(9-13(24)21-15)16(25)20-11-6-4-10(19)5-7-11/h4-7,12H,2-3,8-9H2,1H3,(H,20,25)(H2,21,22,23,24,26)/t12-/m0/s1. The Hall–Kier alpha value is -2.13. The van der Waals surface area contributed by atoms with E-state index in [9.17, 15) is 14.4 Å². The normalized spacial score (nSPS) is 15.8. The number of fused-ring (bicyclic) bond motifs is 1. The molecule has 142 valence electrons. The van der Waals surface area contributed by atoms with Crippen LogP contribution in [0.2, 0.25) is 0 Å². The lowest BCUT2D eigenvalue weighted by molar-refractivity contribution is -0.123. The fourth-order valence-electron chi connectivity index (χ4n) is 2.72. The second kappa shape index (κ2) is 8.71. The fraction of sp³-hybridized carbons (Fsp3) is 0.333. The van der Waals surface area contributed by atoms with Gasteiger partial charge >= 0.3 is 0 Å². The van der Waals surface area contributed by atoms with Crippen molar-refractivity contribution < 1.29 is 9.59 Å². The van der Waals surface area contributed by atoms with Gasteiger partial charge < -0.3 is 15.6 Å². The Morgan fingerprint density at radius 3 is 2.78 bits per heavy atom. The number of halogens is 1. The quantitative estimate of drug-likeness (QED) is 0.355. The Kier molecular flexibility index (Phi) is 6.33. The van der Waals surface area contributed by atoms with Crippen LogP contribution in [-0.4, -0.2) is 27.5 Å². The van der Waals surface area contributed by atoms with Gasteiger partial charge in [-0.3, -0.25) is 14.4 Å². The maximum atomic E-state index is 12.7. The molecule has 9 heteroatoms. The van der Waals surface area contributed by atoms with Crippen LogP contribution in [0.1, 0.15) is 37.7 Å². The number of carbonyl (C=O) groups is 2. The Balaban J connectivity index is 1.86. The van der Waals surface area contributed by atoms with Gasteiger partial charge in [0, 0.05) is 22.3 Å². The molecule has 0 fully saturated rings. The van der Waals surface area contributed by atoms with Crippen LogP contribution in [0.25, 0.3) is 0 Å². The van der Waals surface area contributed by atoms with Crippen molar-refractivity contribution in [3.05, 3.63) is 44.7 Å². The smallest absolute Gasteiger partial charge is 0.257 e. The van der Waals surface area contributed by atoms with Gasteiger partial charge in [0.15, 0.2) is 5.16 Å². The van der Waals surface area contributed by atoms with E-state index in [1.165, 1.54) is 11.8 Å². The summed E-state index contributed by atoms with van der Waals surface area (Å²) in [6.07, 6.45) is 1.94. The van der Waals surface area contributed by atoms with Crippen LogP contribution in [0.3, 0.4) is 0 Å². The Labute approximate surface area is 168 Å². The lowest BCUT2D eigenvalue weighted by Gasteiger charge is -2.23. The molecule has 1 aliphatic heterocycles. The van der Waals surface area contributed by atoms with Gasteiger partial charge in [0.1, 0.15) is 5.82 Å². The zero-order chi connectivity index (χ0) is 19.4. The van der Waals surface area contributed by atoms with Crippen LogP contribution >= 0.6 is 27.7 Å². The lowest BCUT2D eigenvalue weighted by Crippen LogP contribution is -2.36. The third-order valence-corrected chi connectivity index (χ3v) is 5.58.